The Hall–Kier alpha value is -2.51. The van der Waals surface area contributed by atoms with Gasteiger partial charge in [0.1, 0.15) is 12.4 Å². The van der Waals surface area contributed by atoms with Gasteiger partial charge < -0.3 is 4.74 Å². The molecule has 0 spiro atoms. The number of imidazole rings is 1. The van der Waals surface area contributed by atoms with Crippen LogP contribution in [0.4, 0.5) is 0 Å². The lowest BCUT2D eigenvalue weighted by Gasteiger charge is -2.17. The molecule has 0 saturated heterocycles. The third kappa shape index (κ3) is 1.78. The van der Waals surface area contributed by atoms with Crippen molar-refractivity contribution in [1.29, 1.82) is 0 Å². The normalized spacial score (nSPS) is 26.6. The lowest BCUT2D eigenvalue weighted by molar-refractivity contribution is 0.0238. The average molecular weight is 287 g/mol. The number of esters is 1. The van der Waals surface area contributed by atoms with Crippen molar-refractivity contribution in [2.75, 3.05) is 0 Å². The smallest absolute Gasteiger partial charge is 0.361 e. The summed E-state index contributed by atoms with van der Waals surface area (Å²) in [5.74, 6) is 0.261. The topological polar surface area (TPSA) is 91.4 Å². The summed E-state index contributed by atoms with van der Waals surface area (Å²) in [6, 6.07) is 0. The standard InChI is InChI=1S/C13H13N5O3/c1-17-13(20)18-6-14-10(11(18)15-16-17)12(19)21-9-5-7-2-3-8(9)4-7/h2-3,6-9H,4-5H2,1H3. The van der Waals surface area contributed by atoms with Crippen molar-refractivity contribution in [2.24, 2.45) is 18.9 Å². The highest BCUT2D eigenvalue weighted by atomic mass is 16.5. The highest BCUT2D eigenvalue weighted by Gasteiger charge is 2.38. The first kappa shape index (κ1) is 12.2. The van der Waals surface area contributed by atoms with Gasteiger partial charge >= 0.3 is 11.7 Å². The maximum Gasteiger partial charge on any atom is 0.361 e. The molecule has 0 aromatic carbocycles. The minimum Gasteiger partial charge on any atom is -0.457 e. The summed E-state index contributed by atoms with van der Waals surface area (Å²) < 4.78 is 7.78. The first-order valence-electron chi connectivity index (χ1n) is 6.80. The molecule has 2 aromatic heterocycles. The molecule has 2 bridgehead atoms. The number of rotatable bonds is 2. The van der Waals surface area contributed by atoms with Gasteiger partial charge in [-0.2, -0.15) is 4.68 Å². The molecule has 2 aliphatic rings. The molecule has 8 heteroatoms. The largest absolute Gasteiger partial charge is 0.457 e. The predicted octanol–water partition coefficient (Wildman–Crippen LogP) is -0.0556. The first-order chi connectivity index (χ1) is 10.1. The van der Waals surface area contributed by atoms with Crippen molar-refractivity contribution in [1.82, 2.24) is 24.4 Å². The van der Waals surface area contributed by atoms with E-state index in [0.717, 1.165) is 17.5 Å². The first-order valence-corrected chi connectivity index (χ1v) is 6.80. The zero-order valence-electron chi connectivity index (χ0n) is 11.3. The van der Waals surface area contributed by atoms with Crippen molar-refractivity contribution in [3.63, 3.8) is 0 Å². The van der Waals surface area contributed by atoms with E-state index in [-0.39, 0.29) is 17.4 Å². The SMILES string of the molecule is Cn1nnc2c(C(=O)OC3CC4C=CC3C4)ncn2c1=O. The van der Waals surface area contributed by atoms with Gasteiger partial charge in [0, 0.05) is 13.0 Å². The Morgan fingerprint density at radius 3 is 2.95 bits per heavy atom. The Bertz CT molecular complexity index is 821. The Morgan fingerprint density at radius 1 is 1.38 bits per heavy atom. The van der Waals surface area contributed by atoms with E-state index in [2.05, 4.69) is 27.4 Å². The Morgan fingerprint density at radius 2 is 2.24 bits per heavy atom. The van der Waals surface area contributed by atoms with E-state index < -0.39 is 11.7 Å². The molecule has 8 nitrogen and oxygen atoms in total. The molecule has 2 aliphatic carbocycles. The molecule has 0 N–H and O–H groups in total. The molecule has 3 atom stereocenters. The number of ether oxygens (including phenoxy) is 1. The maximum absolute atomic E-state index is 12.2. The van der Waals surface area contributed by atoms with Crippen LogP contribution in [0, 0.1) is 11.8 Å². The monoisotopic (exact) mass is 287 g/mol. The van der Waals surface area contributed by atoms with Crippen molar-refractivity contribution in [2.45, 2.75) is 18.9 Å². The lowest BCUT2D eigenvalue weighted by atomic mass is 10.0. The fourth-order valence-electron chi connectivity index (χ4n) is 3.08. The summed E-state index contributed by atoms with van der Waals surface area (Å²) in [5.41, 5.74) is -0.247. The van der Waals surface area contributed by atoms with Crippen molar-refractivity contribution >= 4 is 11.6 Å². The molecule has 3 unspecified atom stereocenters. The molecular formula is C13H13N5O3. The van der Waals surface area contributed by atoms with Gasteiger partial charge in [-0.1, -0.05) is 17.4 Å². The number of hydrogen-bond acceptors (Lipinski definition) is 6. The molecule has 0 aliphatic heterocycles. The van der Waals surface area contributed by atoms with Crippen LogP contribution in [-0.2, 0) is 11.8 Å². The number of nitrogens with zero attached hydrogens (tertiary/aromatic N) is 5. The molecule has 21 heavy (non-hydrogen) atoms. The molecule has 0 radical (unpaired) electrons. The number of carbonyl (C=O) groups excluding carboxylic acids is 1. The fourth-order valence-corrected chi connectivity index (χ4v) is 3.08. The van der Waals surface area contributed by atoms with Crippen LogP contribution >= 0.6 is 0 Å². The van der Waals surface area contributed by atoms with Crippen LogP contribution in [0.25, 0.3) is 5.65 Å². The summed E-state index contributed by atoms with van der Waals surface area (Å²) in [6.45, 7) is 0. The van der Waals surface area contributed by atoms with Gasteiger partial charge in [-0.25, -0.2) is 19.0 Å². The van der Waals surface area contributed by atoms with Gasteiger partial charge in [-0.15, -0.1) is 5.10 Å². The number of hydrogen-bond donors (Lipinski definition) is 0. The van der Waals surface area contributed by atoms with Gasteiger partial charge in [0.05, 0.1) is 0 Å². The van der Waals surface area contributed by atoms with E-state index in [1.54, 1.807) is 0 Å². The summed E-state index contributed by atoms with van der Waals surface area (Å²) in [5, 5.41) is 7.51. The van der Waals surface area contributed by atoms with Crippen LogP contribution in [0.3, 0.4) is 0 Å². The fraction of sp³-hybridized carbons (Fsp3) is 0.462. The number of aromatic nitrogens is 5. The van der Waals surface area contributed by atoms with Crippen molar-refractivity contribution in [3.05, 3.63) is 34.7 Å². The highest BCUT2D eigenvalue weighted by molar-refractivity contribution is 5.93. The summed E-state index contributed by atoms with van der Waals surface area (Å²) in [7, 11) is 1.48. The molecule has 108 valence electrons. The third-order valence-electron chi connectivity index (χ3n) is 4.17. The van der Waals surface area contributed by atoms with Gasteiger partial charge in [-0.3, -0.25) is 0 Å². The number of allylic oxidation sites excluding steroid dienone is 1. The third-order valence-corrected chi connectivity index (χ3v) is 4.17. The van der Waals surface area contributed by atoms with E-state index in [9.17, 15) is 9.59 Å². The molecular weight excluding hydrogens is 274 g/mol. The van der Waals surface area contributed by atoms with Crippen LogP contribution < -0.4 is 5.69 Å². The molecule has 2 aromatic rings. The van der Waals surface area contributed by atoms with E-state index >= 15 is 0 Å². The number of carbonyl (C=O) groups is 1. The zero-order valence-corrected chi connectivity index (χ0v) is 11.3. The van der Waals surface area contributed by atoms with E-state index in [4.69, 9.17) is 4.74 Å². The summed E-state index contributed by atoms with van der Waals surface area (Å²) in [6.07, 6.45) is 7.34. The predicted molar refractivity (Wildman–Crippen MR) is 70.6 cm³/mol. The second-order valence-electron chi connectivity index (χ2n) is 5.51. The van der Waals surface area contributed by atoms with Gasteiger partial charge in [0.2, 0.25) is 0 Å². The Labute approximate surface area is 119 Å². The summed E-state index contributed by atoms with van der Waals surface area (Å²) in [4.78, 5) is 28.0. The van der Waals surface area contributed by atoms with E-state index in [1.807, 2.05) is 0 Å². The van der Waals surface area contributed by atoms with Gasteiger partial charge in [0.15, 0.2) is 11.3 Å². The van der Waals surface area contributed by atoms with E-state index in [0.29, 0.717) is 11.8 Å². The second-order valence-corrected chi connectivity index (χ2v) is 5.51. The average Bonchev–Trinajstić information content (AvgIpc) is 3.17. The second kappa shape index (κ2) is 4.24. The Balaban J connectivity index is 1.64. The van der Waals surface area contributed by atoms with Crippen LogP contribution in [0.1, 0.15) is 23.3 Å². The molecule has 4 rings (SSSR count). The molecule has 1 saturated carbocycles. The minimum atomic E-state index is -0.550. The quantitative estimate of drug-likeness (QED) is 0.568. The number of fused-ring (bicyclic) bond motifs is 3. The van der Waals surface area contributed by atoms with Crippen LogP contribution in [0.2, 0.25) is 0 Å². The molecule has 0 amide bonds. The van der Waals surface area contributed by atoms with Crippen molar-refractivity contribution in [3.8, 4) is 0 Å². The molecule has 2 heterocycles. The number of aryl methyl sites for hydroxylation is 1. The molecule has 1 fully saturated rings. The minimum absolute atomic E-state index is 0.0342. The van der Waals surface area contributed by atoms with Crippen LogP contribution in [0.15, 0.2) is 23.3 Å². The van der Waals surface area contributed by atoms with Crippen molar-refractivity contribution < 1.29 is 9.53 Å². The lowest BCUT2D eigenvalue weighted by Crippen LogP contribution is -2.27. The zero-order chi connectivity index (χ0) is 14.6. The van der Waals surface area contributed by atoms with Gasteiger partial charge in [-0.05, 0) is 18.8 Å². The Kier molecular flexibility index (Phi) is 2.47. The maximum atomic E-state index is 12.2. The van der Waals surface area contributed by atoms with Gasteiger partial charge in [0.25, 0.3) is 0 Å². The highest BCUT2D eigenvalue weighted by Crippen LogP contribution is 2.40. The summed E-state index contributed by atoms with van der Waals surface area (Å²) >= 11 is 0. The van der Waals surface area contributed by atoms with Crippen LogP contribution in [0.5, 0.6) is 0 Å². The van der Waals surface area contributed by atoms with E-state index in [1.165, 1.54) is 17.8 Å². The van der Waals surface area contributed by atoms with Crippen LogP contribution in [-0.4, -0.2) is 36.5 Å².